The van der Waals surface area contributed by atoms with E-state index in [0.717, 1.165) is 11.1 Å². The molecule has 2 aromatic rings. The molecule has 0 radical (unpaired) electrons. The van der Waals surface area contributed by atoms with Crippen molar-refractivity contribution in [3.63, 3.8) is 0 Å². The van der Waals surface area contributed by atoms with E-state index in [4.69, 9.17) is 10.5 Å². The van der Waals surface area contributed by atoms with Crippen molar-refractivity contribution in [2.75, 3.05) is 11.5 Å². The van der Waals surface area contributed by atoms with Gasteiger partial charge in [-0.1, -0.05) is 26.5 Å². The van der Waals surface area contributed by atoms with Gasteiger partial charge in [0.2, 0.25) is 0 Å². The largest absolute Gasteiger partial charge is 0.447 e. The lowest BCUT2D eigenvalue weighted by Crippen LogP contribution is -2.38. The summed E-state index contributed by atoms with van der Waals surface area (Å²) in [6.07, 6.45) is 5.63. The molecule has 2 heterocycles. The molecule has 3 rings (SSSR count). The topological polar surface area (TPSA) is 110 Å². The number of rotatable bonds is 8. The average Bonchev–Trinajstić information content (AvgIpc) is 3.21. The van der Waals surface area contributed by atoms with Crippen molar-refractivity contribution in [3.05, 3.63) is 72.2 Å². The lowest BCUT2D eigenvalue weighted by molar-refractivity contribution is 0.0946. The van der Waals surface area contributed by atoms with Crippen LogP contribution in [0.4, 0.5) is 10.5 Å². The molecular weight excluding hydrogens is 430 g/mol. The maximum absolute atomic E-state index is 13.2. The summed E-state index contributed by atoms with van der Waals surface area (Å²) >= 11 is 0. The molecule has 0 bridgehead atoms. The summed E-state index contributed by atoms with van der Waals surface area (Å²) in [4.78, 5) is 35.9. The fraction of sp³-hybridized carbons (Fsp3) is 0.308. The first-order chi connectivity index (χ1) is 16.2. The van der Waals surface area contributed by atoms with Gasteiger partial charge in [-0.25, -0.2) is 4.79 Å². The van der Waals surface area contributed by atoms with Gasteiger partial charge < -0.3 is 15.8 Å². The third kappa shape index (κ3) is 5.70. The Morgan fingerprint density at radius 3 is 2.74 bits per heavy atom. The van der Waals surface area contributed by atoms with Crippen LogP contribution in [0.3, 0.4) is 0 Å². The summed E-state index contributed by atoms with van der Waals surface area (Å²) in [5.74, 6) is -0.129. The van der Waals surface area contributed by atoms with E-state index in [2.05, 4.69) is 21.9 Å². The van der Waals surface area contributed by atoms with Gasteiger partial charge in [0.25, 0.3) is 5.91 Å². The first-order valence-corrected chi connectivity index (χ1v) is 11.1. The van der Waals surface area contributed by atoms with E-state index >= 15 is 0 Å². The van der Waals surface area contributed by atoms with Crippen molar-refractivity contribution < 1.29 is 14.3 Å². The van der Waals surface area contributed by atoms with Gasteiger partial charge in [-0.05, 0) is 55.2 Å². The number of cyclic esters (lactones) is 1. The molecule has 3 N–H and O–H groups in total. The molecule has 1 aromatic heterocycles. The van der Waals surface area contributed by atoms with Gasteiger partial charge in [-0.2, -0.15) is 0 Å². The maximum Gasteiger partial charge on any atom is 0.414 e. The Hall–Kier alpha value is -3.94. The maximum atomic E-state index is 13.2. The van der Waals surface area contributed by atoms with Gasteiger partial charge in [0.05, 0.1) is 17.8 Å². The van der Waals surface area contributed by atoms with Crippen molar-refractivity contribution in [3.8, 4) is 11.3 Å². The summed E-state index contributed by atoms with van der Waals surface area (Å²) < 4.78 is 5.33. The van der Waals surface area contributed by atoms with E-state index in [1.807, 2.05) is 45.9 Å². The Bertz CT molecular complexity index is 1120. The third-order valence-electron chi connectivity index (χ3n) is 5.66. The van der Waals surface area contributed by atoms with Crippen LogP contribution in [0.25, 0.3) is 11.3 Å². The zero-order chi connectivity index (χ0) is 24.8. The number of amides is 2. The van der Waals surface area contributed by atoms with E-state index in [1.54, 1.807) is 29.4 Å². The van der Waals surface area contributed by atoms with Crippen LogP contribution in [0.15, 0.2) is 66.1 Å². The van der Waals surface area contributed by atoms with E-state index in [0.29, 0.717) is 29.1 Å². The van der Waals surface area contributed by atoms with Crippen LogP contribution in [0.2, 0.25) is 0 Å². The minimum Gasteiger partial charge on any atom is -0.447 e. The molecule has 0 saturated carbocycles. The number of carbonyl (C=O) groups is 2. The lowest BCUT2D eigenvalue weighted by Gasteiger charge is -2.25. The Morgan fingerprint density at radius 2 is 2.09 bits per heavy atom. The highest BCUT2D eigenvalue weighted by Crippen LogP contribution is 2.32. The van der Waals surface area contributed by atoms with Gasteiger partial charge in [0.1, 0.15) is 6.61 Å². The monoisotopic (exact) mass is 461 g/mol. The number of benzene rings is 1. The molecule has 34 heavy (non-hydrogen) atoms. The number of hydrogen-bond donors (Lipinski definition) is 2. The smallest absolute Gasteiger partial charge is 0.414 e. The number of carbonyl (C=O) groups excluding carboxylic acids is 2. The van der Waals surface area contributed by atoms with Crippen LogP contribution in [0.5, 0.6) is 0 Å². The first-order valence-electron chi connectivity index (χ1n) is 11.1. The number of aromatic nitrogens is 1. The van der Waals surface area contributed by atoms with Gasteiger partial charge in [0.15, 0.2) is 0 Å². The highest BCUT2D eigenvalue weighted by Gasteiger charge is 2.36. The second-order valence-corrected chi connectivity index (χ2v) is 8.64. The Labute approximate surface area is 200 Å². The summed E-state index contributed by atoms with van der Waals surface area (Å²) in [6.45, 7) is 12.1. The molecule has 2 atom stereocenters. The Morgan fingerprint density at radius 1 is 1.32 bits per heavy atom. The Kier molecular flexibility index (Phi) is 7.83. The summed E-state index contributed by atoms with van der Waals surface area (Å²) in [5, 5.41) is 2.93. The predicted molar refractivity (Wildman–Crippen MR) is 135 cm³/mol. The number of hydrogen-bond acceptors (Lipinski definition) is 6. The number of aryl methyl sites for hydroxylation is 1. The zero-order valence-corrected chi connectivity index (χ0v) is 20.0. The van der Waals surface area contributed by atoms with Gasteiger partial charge in [0, 0.05) is 41.6 Å². The summed E-state index contributed by atoms with van der Waals surface area (Å²) in [5.41, 5.74) is 9.35. The van der Waals surface area contributed by atoms with Crippen LogP contribution >= 0.6 is 0 Å². The molecule has 1 fully saturated rings. The normalized spacial score (nSPS) is 16.9. The molecule has 1 unspecified atom stereocenters. The molecule has 0 aliphatic carbocycles. The molecule has 1 saturated heterocycles. The molecular formula is C26H31N5O3. The molecule has 8 heteroatoms. The van der Waals surface area contributed by atoms with Crippen LogP contribution in [-0.4, -0.2) is 41.9 Å². The molecule has 178 valence electrons. The fourth-order valence-corrected chi connectivity index (χ4v) is 3.56. The number of anilines is 1. The third-order valence-corrected chi connectivity index (χ3v) is 5.66. The second kappa shape index (κ2) is 10.8. The molecule has 8 nitrogen and oxygen atoms in total. The lowest BCUT2D eigenvalue weighted by atomic mass is 10.0. The van der Waals surface area contributed by atoms with Crippen LogP contribution < -0.4 is 16.0 Å². The minimum atomic E-state index is -0.426. The molecule has 1 aromatic carbocycles. The van der Waals surface area contributed by atoms with Crippen LogP contribution in [0, 0.1) is 12.8 Å². The Balaban J connectivity index is 1.99. The highest BCUT2D eigenvalue weighted by molar-refractivity contribution is 5.99. The van der Waals surface area contributed by atoms with Crippen molar-refractivity contribution in [2.45, 2.75) is 39.8 Å². The number of aliphatic imine (C=N–C) groups is 1. The number of nitrogens with one attached hydrogen (secondary N) is 1. The van der Waals surface area contributed by atoms with E-state index < -0.39 is 6.09 Å². The fourth-order valence-electron chi connectivity index (χ4n) is 3.56. The van der Waals surface area contributed by atoms with Crippen molar-refractivity contribution >= 4 is 23.9 Å². The van der Waals surface area contributed by atoms with E-state index in [-0.39, 0.29) is 23.9 Å². The van der Waals surface area contributed by atoms with Gasteiger partial charge >= 0.3 is 6.09 Å². The first kappa shape index (κ1) is 24.7. The zero-order valence-electron chi connectivity index (χ0n) is 20.0. The minimum absolute atomic E-state index is 0.129. The molecule has 1 aliphatic rings. The summed E-state index contributed by atoms with van der Waals surface area (Å²) in [7, 11) is 0. The predicted octanol–water partition coefficient (Wildman–Crippen LogP) is 4.21. The molecule has 2 amide bonds. The van der Waals surface area contributed by atoms with Crippen molar-refractivity contribution in [1.29, 1.82) is 0 Å². The highest BCUT2D eigenvalue weighted by atomic mass is 16.6. The van der Waals surface area contributed by atoms with Gasteiger partial charge in [-0.3, -0.25) is 19.7 Å². The molecule has 1 aliphatic heterocycles. The average molecular weight is 462 g/mol. The quantitative estimate of drug-likeness (QED) is 0.572. The van der Waals surface area contributed by atoms with E-state index in [9.17, 15) is 9.59 Å². The van der Waals surface area contributed by atoms with Crippen molar-refractivity contribution in [2.24, 2.45) is 16.6 Å². The van der Waals surface area contributed by atoms with E-state index in [1.165, 1.54) is 12.4 Å². The number of ether oxygens (including phenoxy) is 1. The number of nitrogens with zero attached hydrogens (tertiary/aromatic N) is 3. The number of pyridine rings is 1. The summed E-state index contributed by atoms with van der Waals surface area (Å²) in [6, 6.07) is 8.69. The standard InChI is InChI=1S/C26H31N5O3/c1-16(2)24-15-34-26(33)31(24)22-11-20(23-7-6-17(3)13-29-23)10-21(12-22)25(32)30-19(5)18(4)14-28-9-8-27/h6-14,16,19,24H,4,15,27H2,1-3,5H3,(H,30,32)/b9-8-,28-14-/t19?,24-/m0/s1. The SMILES string of the molecule is C=C(/C=N\C=C/N)C(C)NC(=O)c1cc(-c2ccc(C)cn2)cc(N2C(=O)OC[C@H]2C(C)C)c1. The van der Waals surface area contributed by atoms with Crippen LogP contribution in [0.1, 0.15) is 36.7 Å². The second-order valence-electron chi connectivity index (χ2n) is 8.64. The van der Waals surface area contributed by atoms with Crippen molar-refractivity contribution in [1.82, 2.24) is 10.3 Å². The van der Waals surface area contributed by atoms with Gasteiger partial charge in [-0.15, -0.1) is 0 Å². The molecule has 0 spiro atoms. The van der Waals surface area contributed by atoms with Crippen LogP contribution in [-0.2, 0) is 4.74 Å². The number of nitrogens with two attached hydrogens (primary N) is 1.